The van der Waals surface area contributed by atoms with E-state index in [2.05, 4.69) is 5.32 Å². The van der Waals surface area contributed by atoms with Gasteiger partial charge in [-0.3, -0.25) is 9.59 Å². The zero-order valence-corrected chi connectivity index (χ0v) is 17.6. The molecule has 0 spiro atoms. The molecule has 0 atom stereocenters. The fraction of sp³-hybridized carbons (Fsp3) is 0.280. The van der Waals surface area contributed by atoms with Crippen molar-refractivity contribution in [2.45, 2.75) is 27.2 Å². The van der Waals surface area contributed by atoms with Gasteiger partial charge in [-0.25, -0.2) is 0 Å². The number of hydrogen-bond donors (Lipinski definition) is 1. The summed E-state index contributed by atoms with van der Waals surface area (Å²) in [5.74, 6) is 0.555. The van der Waals surface area contributed by atoms with E-state index in [9.17, 15) is 9.59 Å². The molecule has 1 aliphatic rings. The Bertz CT molecular complexity index is 1110. The van der Waals surface area contributed by atoms with Crippen molar-refractivity contribution >= 4 is 34.0 Å². The van der Waals surface area contributed by atoms with Crippen LogP contribution in [-0.2, 0) is 16.0 Å². The quantitative estimate of drug-likeness (QED) is 0.682. The Morgan fingerprint density at radius 3 is 2.53 bits per heavy atom. The van der Waals surface area contributed by atoms with Crippen LogP contribution in [0.5, 0.6) is 5.75 Å². The van der Waals surface area contributed by atoms with E-state index in [0.29, 0.717) is 18.0 Å². The fourth-order valence-corrected chi connectivity index (χ4v) is 3.70. The number of carbonyl (C=O) groups is 2. The van der Waals surface area contributed by atoms with Crippen LogP contribution in [0.15, 0.2) is 60.7 Å². The van der Waals surface area contributed by atoms with Crippen molar-refractivity contribution in [1.82, 2.24) is 0 Å². The molecule has 0 bridgehead atoms. The molecule has 5 nitrogen and oxygen atoms in total. The highest BCUT2D eigenvalue weighted by molar-refractivity contribution is 5.99. The predicted molar refractivity (Wildman–Crippen MR) is 120 cm³/mol. The number of fused-ring (bicyclic) bond motifs is 2. The molecule has 0 aromatic heterocycles. The van der Waals surface area contributed by atoms with Gasteiger partial charge in [-0.2, -0.15) is 0 Å². The minimum absolute atomic E-state index is 0.0654. The topological polar surface area (TPSA) is 58.6 Å². The largest absolute Gasteiger partial charge is 0.484 e. The summed E-state index contributed by atoms with van der Waals surface area (Å²) in [5, 5.41) is 5.09. The highest BCUT2D eigenvalue weighted by Crippen LogP contribution is 2.33. The molecule has 0 unspecified atom stereocenters. The second-order valence-electron chi connectivity index (χ2n) is 8.65. The Labute approximate surface area is 176 Å². The molecule has 3 aromatic carbocycles. The summed E-state index contributed by atoms with van der Waals surface area (Å²) >= 11 is 0. The van der Waals surface area contributed by atoms with Crippen LogP contribution in [0.4, 0.5) is 11.4 Å². The number of amides is 2. The smallest absolute Gasteiger partial charge is 0.262 e. The normalized spacial score (nSPS) is 13.2. The first-order chi connectivity index (χ1) is 14.3. The maximum atomic E-state index is 12.6. The Morgan fingerprint density at radius 1 is 1.00 bits per heavy atom. The van der Waals surface area contributed by atoms with Crippen LogP contribution in [0.1, 0.15) is 26.3 Å². The summed E-state index contributed by atoms with van der Waals surface area (Å²) in [5.41, 5.74) is 2.29. The molecule has 3 aromatic rings. The first kappa shape index (κ1) is 20.0. The van der Waals surface area contributed by atoms with E-state index >= 15 is 0 Å². The maximum Gasteiger partial charge on any atom is 0.262 e. The number of carbonyl (C=O) groups excluding carboxylic acids is 2. The predicted octanol–water partition coefficient (Wildman–Crippen LogP) is 4.79. The van der Waals surface area contributed by atoms with Crippen molar-refractivity contribution in [2.24, 2.45) is 5.41 Å². The van der Waals surface area contributed by atoms with Crippen LogP contribution in [0.25, 0.3) is 10.8 Å². The Morgan fingerprint density at radius 2 is 1.77 bits per heavy atom. The van der Waals surface area contributed by atoms with E-state index in [0.717, 1.165) is 28.4 Å². The molecule has 0 saturated carbocycles. The third kappa shape index (κ3) is 4.15. The molecular formula is C25H26N2O3. The molecule has 0 radical (unpaired) electrons. The number of benzene rings is 3. The standard InChI is InChI=1S/C25H26N2O3/c1-25(2,3)24(29)27-13-12-19-14-20(9-11-22(19)27)26-23(28)16-30-21-10-8-17-6-4-5-7-18(17)15-21/h4-11,14-15H,12-13,16H2,1-3H3,(H,26,28). The van der Waals surface area contributed by atoms with Crippen LogP contribution < -0.4 is 15.0 Å². The minimum atomic E-state index is -0.422. The fourth-order valence-electron chi connectivity index (χ4n) is 3.70. The summed E-state index contributed by atoms with van der Waals surface area (Å²) in [6.07, 6.45) is 0.786. The summed E-state index contributed by atoms with van der Waals surface area (Å²) in [4.78, 5) is 26.8. The highest BCUT2D eigenvalue weighted by atomic mass is 16.5. The van der Waals surface area contributed by atoms with E-state index in [1.54, 1.807) is 0 Å². The van der Waals surface area contributed by atoms with Gasteiger partial charge in [0.25, 0.3) is 5.91 Å². The molecule has 1 N–H and O–H groups in total. The van der Waals surface area contributed by atoms with Gasteiger partial charge in [0.2, 0.25) is 5.91 Å². The molecule has 4 rings (SSSR count). The lowest BCUT2D eigenvalue weighted by Crippen LogP contribution is -2.38. The van der Waals surface area contributed by atoms with Crippen LogP contribution in [-0.4, -0.2) is 25.0 Å². The Hall–Kier alpha value is -3.34. The van der Waals surface area contributed by atoms with Crippen LogP contribution >= 0.6 is 0 Å². The van der Waals surface area contributed by atoms with Gasteiger partial charge in [-0.05, 0) is 53.1 Å². The molecule has 154 valence electrons. The molecule has 1 aliphatic heterocycles. The monoisotopic (exact) mass is 402 g/mol. The molecule has 5 heteroatoms. The zero-order valence-electron chi connectivity index (χ0n) is 17.6. The minimum Gasteiger partial charge on any atom is -0.484 e. The number of nitrogens with zero attached hydrogens (tertiary/aromatic N) is 1. The van der Waals surface area contributed by atoms with E-state index in [4.69, 9.17) is 4.74 Å². The first-order valence-corrected chi connectivity index (χ1v) is 10.2. The second kappa shape index (κ2) is 7.82. The van der Waals surface area contributed by atoms with Gasteiger partial charge in [0.05, 0.1) is 0 Å². The lowest BCUT2D eigenvalue weighted by atomic mass is 9.94. The van der Waals surface area contributed by atoms with E-state index < -0.39 is 5.41 Å². The summed E-state index contributed by atoms with van der Waals surface area (Å²) in [6.45, 7) is 6.39. The molecular weight excluding hydrogens is 376 g/mol. The maximum absolute atomic E-state index is 12.6. The number of anilines is 2. The van der Waals surface area contributed by atoms with E-state index in [-0.39, 0.29) is 18.4 Å². The zero-order chi connectivity index (χ0) is 21.3. The van der Waals surface area contributed by atoms with Crippen molar-refractivity contribution in [3.63, 3.8) is 0 Å². The van der Waals surface area contributed by atoms with Crippen LogP contribution in [0, 0.1) is 5.41 Å². The van der Waals surface area contributed by atoms with Crippen molar-refractivity contribution in [3.8, 4) is 5.75 Å². The van der Waals surface area contributed by atoms with Gasteiger partial charge < -0.3 is 15.0 Å². The molecule has 2 amide bonds. The van der Waals surface area contributed by atoms with Crippen LogP contribution in [0.3, 0.4) is 0 Å². The first-order valence-electron chi connectivity index (χ1n) is 10.2. The number of hydrogen-bond acceptors (Lipinski definition) is 3. The molecule has 30 heavy (non-hydrogen) atoms. The number of rotatable bonds is 4. The second-order valence-corrected chi connectivity index (χ2v) is 8.65. The average Bonchev–Trinajstić information content (AvgIpc) is 3.14. The Kier molecular flexibility index (Phi) is 5.20. The lowest BCUT2D eigenvalue weighted by molar-refractivity contribution is -0.125. The number of ether oxygens (including phenoxy) is 1. The van der Waals surface area contributed by atoms with Crippen molar-refractivity contribution in [1.29, 1.82) is 0 Å². The van der Waals surface area contributed by atoms with Gasteiger partial charge in [-0.1, -0.05) is 51.1 Å². The Balaban J connectivity index is 1.38. The summed E-state index contributed by atoms with van der Waals surface area (Å²) < 4.78 is 5.66. The average molecular weight is 402 g/mol. The number of nitrogens with one attached hydrogen (secondary N) is 1. The summed E-state index contributed by atoms with van der Waals surface area (Å²) in [7, 11) is 0. The SMILES string of the molecule is CC(C)(C)C(=O)N1CCc2cc(NC(=O)COc3ccc4ccccc4c3)ccc21. The lowest BCUT2D eigenvalue weighted by Gasteiger charge is -2.26. The molecule has 0 aliphatic carbocycles. The van der Waals surface area contributed by atoms with Gasteiger partial charge in [-0.15, -0.1) is 0 Å². The summed E-state index contributed by atoms with van der Waals surface area (Å²) in [6, 6.07) is 19.5. The molecule has 0 saturated heterocycles. The van der Waals surface area contributed by atoms with Gasteiger partial charge in [0, 0.05) is 23.3 Å². The third-order valence-corrected chi connectivity index (χ3v) is 5.24. The van der Waals surface area contributed by atoms with Gasteiger partial charge in [0.15, 0.2) is 6.61 Å². The van der Waals surface area contributed by atoms with Crippen molar-refractivity contribution in [3.05, 3.63) is 66.2 Å². The molecule has 0 fully saturated rings. The van der Waals surface area contributed by atoms with E-state index in [1.165, 1.54) is 0 Å². The third-order valence-electron chi connectivity index (χ3n) is 5.24. The van der Waals surface area contributed by atoms with Crippen LogP contribution in [0.2, 0.25) is 0 Å². The molecule has 1 heterocycles. The van der Waals surface area contributed by atoms with E-state index in [1.807, 2.05) is 86.3 Å². The highest BCUT2D eigenvalue weighted by Gasteiger charge is 2.32. The van der Waals surface area contributed by atoms with Gasteiger partial charge >= 0.3 is 0 Å². The van der Waals surface area contributed by atoms with Crippen molar-refractivity contribution in [2.75, 3.05) is 23.4 Å². The van der Waals surface area contributed by atoms with Crippen molar-refractivity contribution < 1.29 is 14.3 Å². The van der Waals surface area contributed by atoms with Gasteiger partial charge in [0.1, 0.15) is 5.75 Å².